The zero-order chi connectivity index (χ0) is 11.1. The molecule has 0 unspecified atom stereocenters. The fourth-order valence-electron chi connectivity index (χ4n) is 1.55. The maximum Gasteiger partial charge on any atom is 0.308 e. The summed E-state index contributed by atoms with van der Waals surface area (Å²) in [4.78, 5) is 10.9. The van der Waals surface area contributed by atoms with Crippen LogP contribution in [0.2, 0.25) is 0 Å². The van der Waals surface area contributed by atoms with Gasteiger partial charge in [0.05, 0.1) is 5.03 Å². The molecular formula is C12H17ClO2. The molecule has 1 aliphatic rings. The maximum atomic E-state index is 10.9. The van der Waals surface area contributed by atoms with Gasteiger partial charge in [-0.05, 0) is 31.8 Å². The van der Waals surface area contributed by atoms with Gasteiger partial charge in [-0.15, -0.1) is 0 Å². The predicted octanol–water partition coefficient (Wildman–Crippen LogP) is 3.91. The summed E-state index contributed by atoms with van der Waals surface area (Å²) in [5.74, 6) is 0.205. The Morgan fingerprint density at radius 3 is 2.40 bits per heavy atom. The summed E-state index contributed by atoms with van der Waals surface area (Å²) in [5, 5.41) is 0.562. The molecule has 0 saturated carbocycles. The van der Waals surface area contributed by atoms with Crippen LogP contribution in [0.1, 0.15) is 45.4 Å². The molecule has 3 heteroatoms. The minimum atomic E-state index is -0.315. The van der Waals surface area contributed by atoms with E-state index in [0.29, 0.717) is 10.8 Å². The number of allylic oxidation sites excluding steroid dienone is 3. The molecule has 1 rings (SSSR count). The Morgan fingerprint density at radius 2 is 1.80 bits per heavy atom. The van der Waals surface area contributed by atoms with Gasteiger partial charge in [-0.3, -0.25) is 4.79 Å². The highest BCUT2D eigenvalue weighted by Gasteiger charge is 2.07. The molecule has 0 bridgehead atoms. The van der Waals surface area contributed by atoms with E-state index in [1.165, 1.54) is 19.8 Å². The molecule has 1 aliphatic carbocycles. The second kappa shape index (κ2) is 6.67. The van der Waals surface area contributed by atoms with Crippen LogP contribution in [-0.4, -0.2) is 5.97 Å². The van der Waals surface area contributed by atoms with Crippen LogP contribution >= 0.6 is 11.6 Å². The third-order valence-corrected chi connectivity index (χ3v) is 2.64. The number of rotatable bonds is 1. The monoisotopic (exact) mass is 228 g/mol. The quantitative estimate of drug-likeness (QED) is 0.636. The Morgan fingerprint density at radius 1 is 1.20 bits per heavy atom. The van der Waals surface area contributed by atoms with E-state index in [-0.39, 0.29) is 5.97 Å². The minimum Gasteiger partial charge on any atom is -0.425 e. The van der Waals surface area contributed by atoms with E-state index >= 15 is 0 Å². The van der Waals surface area contributed by atoms with E-state index in [2.05, 4.69) is 0 Å². The molecule has 0 aromatic rings. The van der Waals surface area contributed by atoms with Gasteiger partial charge in [-0.25, -0.2) is 0 Å². The van der Waals surface area contributed by atoms with Crippen molar-refractivity contribution in [2.24, 2.45) is 0 Å². The first-order valence-corrected chi connectivity index (χ1v) is 5.82. The number of carbonyl (C=O) groups excluding carboxylic acids is 1. The average molecular weight is 229 g/mol. The van der Waals surface area contributed by atoms with Crippen molar-refractivity contribution in [1.82, 2.24) is 0 Å². The number of carbonyl (C=O) groups is 1. The summed E-state index contributed by atoms with van der Waals surface area (Å²) in [6.07, 6.45) is 10.5. The second-order valence-electron chi connectivity index (χ2n) is 3.71. The van der Waals surface area contributed by atoms with E-state index in [9.17, 15) is 4.79 Å². The van der Waals surface area contributed by atoms with Crippen LogP contribution < -0.4 is 0 Å². The fraction of sp³-hybridized carbons (Fsp3) is 0.583. The Balaban J connectivity index is 2.70. The van der Waals surface area contributed by atoms with E-state index in [1.807, 2.05) is 12.2 Å². The van der Waals surface area contributed by atoms with Gasteiger partial charge >= 0.3 is 5.97 Å². The van der Waals surface area contributed by atoms with Crippen LogP contribution in [0.3, 0.4) is 0 Å². The highest BCUT2D eigenvalue weighted by atomic mass is 35.5. The number of esters is 1. The van der Waals surface area contributed by atoms with Crippen molar-refractivity contribution in [3.63, 3.8) is 0 Å². The topological polar surface area (TPSA) is 26.3 Å². The van der Waals surface area contributed by atoms with Gasteiger partial charge in [0.2, 0.25) is 0 Å². The lowest BCUT2D eigenvalue weighted by atomic mass is 10.1. The first-order valence-electron chi connectivity index (χ1n) is 5.45. The summed E-state index contributed by atoms with van der Waals surface area (Å²) in [7, 11) is 0. The third-order valence-electron chi connectivity index (χ3n) is 2.30. The summed E-state index contributed by atoms with van der Waals surface area (Å²) in [6, 6.07) is 0. The van der Waals surface area contributed by atoms with Crippen molar-refractivity contribution in [3.8, 4) is 0 Å². The highest BCUT2D eigenvalue weighted by Crippen LogP contribution is 2.21. The van der Waals surface area contributed by atoms with Crippen LogP contribution in [0.4, 0.5) is 0 Å². The molecule has 0 radical (unpaired) electrons. The third kappa shape index (κ3) is 5.03. The van der Waals surface area contributed by atoms with Crippen molar-refractivity contribution in [2.75, 3.05) is 0 Å². The summed E-state index contributed by atoms with van der Waals surface area (Å²) in [6.45, 7) is 1.39. The van der Waals surface area contributed by atoms with Crippen molar-refractivity contribution in [3.05, 3.63) is 22.9 Å². The van der Waals surface area contributed by atoms with E-state index in [1.54, 1.807) is 0 Å². The molecule has 0 aromatic heterocycles. The van der Waals surface area contributed by atoms with Crippen molar-refractivity contribution < 1.29 is 9.53 Å². The van der Waals surface area contributed by atoms with Gasteiger partial charge in [0.1, 0.15) is 5.76 Å². The fourth-order valence-corrected chi connectivity index (χ4v) is 1.77. The Bertz CT molecular complexity index is 279. The standard InChI is InChI=1S/C12H17ClO2/c1-10(14)15-12-9-7-5-3-2-4-6-8-11(12)13/h8-9H,2-7H2,1H3/b11-8+,12-9-. The highest BCUT2D eigenvalue weighted by molar-refractivity contribution is 6.31. The molecule has 0 N–H and O–H groups in total. The van der Waals surface area contributed by atoms with Crippen LogP contribution in [0, 0.1) is 0 Å². The summed E-state index contributed by atoms with van der Waals surface area (Å²) in [5.41, 5.74) is 0. The van der Waals surface area contributed by atoms with Gasteiger partial charge in [0.25, 0.3) is 0 Å². The van der Waals surface area contributed by atoms with E-state index < -0.39 is 0 Å². The SMILES string of the molecule is CC(=O)OC1=C\CCCCCC/C=C\1Cl. The number of ether oxygens (including phenoxy) is 1. The first kappa shape index (κ1) is 12.3. The lowest BCUT2D eigenvalue weighted by molar-refractivity contribution is -0.136. The zero-order valence-corrected chi connectivity index (χ0v) is 9.85. The Hall–Kier alpha value is -0.760. The van der Waals surface area contributed by atoms with Crippen LogP contribution in [0.25, 0.3) is 0 Å². The molecule has 84 valence electrons. The lowest BCUT2D eigenvalue weighted by Gasteiger charge is -2.08. The average Bonchev–Trinajstić information content (AvgIpc) is 2.19. The molecule has 0 fully saturated rings. The summed E-state index contributed by atoms with van der Waals surface area (Å²) < 4.78 is 5.06. The molecule has 0 amide bonds. The number of hydrogen-bond acceptors (Lipinski definition) is 2. The molecule has 0 aliphatic heterocycles. The van der Waals surface area contributed by atoms with Crippen molar-refractivity contribution >= 4 is 17.6 Å². The molecular weight excluding hydrogens is 212 g/mol. The molecule has 2 nitrogen and oxygen atoms in total. The lowest BCUT2D eigenvalue weighted by Crippen LogP contribution is -2.00. The van der Waals surface area contributed by atoms with Gasteiger partial charge in [0, 0.05) is 6.92 Å². The molecule has 0 aromatic carbocycles. The molecule has 0 heterocycles. The Kier molecular flexibility index (Phi) is 5.48. The van der Waals surface area contributed by atoms with Gasteiger partial charge < -0.3 is 4.74 Å². The summed E-state index contributed by atoms with van der Waals surface area (Å²) >= 11 is 6.05. The smallest absolute Gasteiger partial charge is 0.308 e. The first-order chi connectivity index (χ1) is 7.20. The van der Waals surface area contributed by atoms with Gasteiger partial charge in [-0.1, -0.05) is 30.5 Å². The van der Waals surface area contributed by atoms with E-state index in [4.69, 9.17) is 16.3 Å². The molecule has 15 heavy (non-hydrogen) atoms. The van der Waals surface area contributed by atoms with Crippen molar-refractivity contribution in [2.45, 2.75) is 45.4 Å². The minimum absolute atomic E-state index is 0.315. The zero-order valence-electron chi connectivity index (χ0n) is 9.09. The Labute approximate surface area is 95.9 Å². The predicted molar refractivity (Wildman–Crippen MR) is 61.5 cm³/mol. The maximum absolute atomic E-state index is 10.9. The normalized spacial score (nSPS) is 25.7. The molecule has 0 atom stereocenters. The van der Waals surface area contributed by atoms with Gasteiger partial charge in [-0.2, -0.15) is 0 Å². The number of halogens is 1. The largest absolute Gasteiger partial charge is 0.425 e. The van der Waals surface area contributed by atoms with Crippen LogP contribution in [-0.2, 0) is 9.53 Å². The number of hydrogen-bond donors (Lipinski definition) is 0. The molecule has 0 saturated heterocycles. The second-order valence-corrected chi connectivity index (χ2v) is 4.11. The van der Waals surface area contributed by atoms with Gasteiger partial charge in [0.15, 0.2) is 0 Å². The van der Waals surface area contributed by atoms with Crippen molar-refractivity contribution in [1.29, 1.82) is 0 Å². The van der Waals surface area contributed by atoms with Crippen LogP contribution in [0.15, 0.2) is 22.9 Å². The van der Waals surface area contributed by atoms with E-state index in [0.717, 1.165) is 25.7 Å². The van der Waals surface area contributed by atoms with Crippen LogP contribution in [0.5, 0.6) is 0 Å². The molecule has 0 spiro atoms.